The van der Waals surface area contributed by atoms with Crippen molar-refractivity contribution in [1.82, 2.24) is 4.57 Å². The van der Waals surface area contributed by atoms with E-state index in [1.165, 1.54) is 23.6 Å². The molecule has 6 rings (SSSR count). The molecule has 3 aromatic rings. The van der Waals surface area contributed by atoms with Gasteiger partial charge in [-0.3, -0.25) is 4.31 Å². The minimum Gasteiger partial charge on any atom is -0.490 e. The number of nitrogens with zero attached hydrogens (tertiary/aromatic N) is 3. The topological polar surface area (TPSA) is 75.3 Å². The van der Waals surface area contributed by atoms with Gasteiger partial charge in [0.2, 0.25) is 10.0 Å². The third kappa shape index (κ3) is 3.98. The standard InChI is InChI=1S/C28H31N3O3S/c29-19-26-25-15-14-24(34-23-8-1-2-9-23)18-27(25)31(22-6-5-7-22)28(26)20-10-12-21(13-11-20)30-16-3-4-17-35(30,32)33/h10-15,18,22-23H,1-9,16-17H2. The van der Waals surface area contributed by atoms with Crippen LogP contribution >= 0.6 is 0 Å². The highest BCUT2D eigenvalue weighted by Crippen LogP contribution is 2.44. The van der Waals surface area contributed by atoms with Crippen molar-refractivity contribution >= 4 is 26.6 Å². The van der Waals surface area contributed by atoms with Crippen LogP contribution in [0.5, 0.6) is 5.75 Å². The van der Waals surface area contributed by atoms with Crippen LogP contribution in [0.3, 0.4) is 0 Å². The third-order valence-corrected chi connectivity index (χ3v) is 9.78. The van der Waals surface area contributed by atoms with Gasteiger partial charge in [0.25, 0.3) is 0 Å². The number of hydrogen-bond donors (Lipinski definition) is 0. The Morgan fingerprint density at radius 3 is 2.34 bits per heavy atom. The fourth-order valence-electron chi connectivity index (χ4n) is 5.85. The van der Waals surface area contributed by atoms with Gasteiger partial charge in [-0.25, -0.2) is 8.42 Å². The molecule has 1 saturated heterocycles. The van der Waals surface area contributed by atoms with Crippen molar-refractivity contribution in [2.24, 2.45) is 0 Å². The zero-order chi connectivity index (χ0) is 24.0. The predicted octanol–water partition coefficient (Wildman–Crippen LogP) is 6.16. The van der Waals surface area contributed by atoms with E-state index in [-0.39, 0.29) is 11.9 Å². The number of hydrogen-bond acceptors (Lipinski definition) is 4. The van der Waals surface area contributed by atoms with E-state index in [2.05, 4.69) is 16.7 Å². The van der Waals surface area contributed by atoms with Crippen LogP contribution in [-0.4, -0.2) is 31.4 Å². The van der Waals surface area contributed by atoms with Crippen molar-refractivity contribution in [3.63, 3.8) is 0 Å². The largest absolute Gasteiger partial charge is 0.490 e. The summed E-state index contributed by atoms with van der Waals surface area (Å²) in [6.07, 6.45) is 9.93. The fraction of sp³-hybridized carbons (Fsp3) is 0.464. The molecular weight excluding hydrogens is 458 g/mol. The molecule has 3 fully saturated rings. The van der Waals surface area contributed by atoms with Gasteiger partial charge in [0.05, 0.1) is 34.3 Å². The molecule has 7 heteroatoms. The second kappa shape index (κ2) is 8.91. The van der Waals surface area contributed by atoms with Crippen LogP contribution in [0.25, 0.3) is 22.2 Å². The van der Waals surface area contributed by atoms with E-state index in [0.29, 0.717) is 23.8 Å². The number of nitriles is 1. The number of fused-ring (bicyclic) bond motifs is 1. The van der Waals surface area contributed by atoms with Crippen molar-refractivity contribution in [1.29, 1.82) is 5.26 Å². The van der Waals surface area contributed by atoms with Gasteiger partial charge in [-0.1, -0.05) is 12.1 Å². The number of ether oxygens (including phenoxy) is 1. The summed E-state index contributed by atoms with van der Waals surface area (Å²) in [6.45, 7) is 0.525. The van der Waals surface area contributed by atoms with Crippen LogP contribution in [0.1, 0.15) is 69.4 Å². The van der Waals surface area contributed by atoms with Crippen molar-refractivity contribution in [3.05, 3.63) is 48.0 Å². The smallest absolute Gasteiger partial charge is 0.235 e. The summed E-state index contributed by atoms with van der Waals surface area (Å²) >= 11 is 0. The molecule has 0 spiro atoms. The molecule has 0 bridgehead atoms. The molecular formula is C28H31N3O3S. The van der Waals surface area contributed by atoms with Gasteiger partial charge in [0.15, 0.2) is 0 Å². The highest BCUT2D eigenvalue weighted by molar-refractivity contribution is 7.92. The summed E-state index contributed by atoms with van der Waals surface area (Å²) in [6, 6.07) is 16.7. The molecule has 1 aromatic heterocycles. The normalized spacial score (nSPS) is 20.6. The Morgan fingerprint density at radius 2 is 1.69 bits per heavy atom. The van der Waals surface area contributed by atoms with E-state index in [9.17, 15) is 13.7 Å². The Hall–Kier alpha value is -2.98. The van der Waals surface area contributed by atoms with Gasteiger partial charge in [-0.05, 0) is 87.6 Å². The molecule has 2 aromatic carbocycles. The lowest BCUT2D eigenvalue weighted by Crippen LogP contribution is -2.37. The predicted molar refractivity (Wildman–Crippen MR) is 138 cm³/mol. The zero-order valence-corrected chi connectivity index (χ0v) is 20.8. The van der Waals surface area contributed by atoms with E-state index < -0.39 is 10.0 Å². The summed E-state index contributed by atoms with van der Waals surface area (Å²) in [7, 11) is -3.26. The number of anilines is 1. The summed E-state index contributed by atoms with van der Waals surface area (Å²) in [5.74, 6) is 1.08. The highest BCUT2D eigenvalue weighted by atomic mass is 32.2. The van der Waals surface area contributed by atoms with E-state index in [1.807, 2.05) is 36.4 Å². The van der Waals surface area contributed by atoms with E-state index in [1.54, 1.807) is 0 Å². The van der Waals surface area contributed by atoms with Gasteiger partial charge in [-0.2, -0.15) is 5.26 Å². The maximum absolute atomic E-state index is 12.6. The molecule has 0 atom stereocenters. The molecule has 182 valence electrons. The molecule has 2 heterocycles. The van der Waals surface area contributed by atoms with Crippen LogP contribution in [-0.2, 0) is 10.0 Å². The van der Waals surface area contributed by atoms with Crippen LogP contribution in [0.4, 0.5) is 5.69 Å². The Bertz CT molecular complexity index is 1390. The first kappa shape index (κ1) is 22.5. The second-order valence-electron chi connectivity index (χ2n) is 10.1. The van der Waals surface area contributed by atoms with Crippen molar-refractivity contribution < 1.29 is 13.2 Å². The quantitative estimate of drug-likeness (QED) is 0.430. The maximum atomic E-state index is 12.6. The SMILES string of the molecule is N#Cc1c(-c2ccc(N3CCCCS3(=O)=O)cc2)n(C2CCC2)c2cc(OC3CCCC3)ccc12. The van der Waals surface area contributed by atoms with Crippen molar-refractivity contribution in [2.75, 3.05) is 16.6 Å². The fourth-order valence-corrected chi connectivity index (χ4v) is 7.49. The Morgan fingerprint density at radius 1 is 0.914 bits per heavy atom. The molecule has 0 N–H and O–H groups in total. The zero-order valence-electron chi connectivity index (χ0n) is 19.9. The average Bonchev–Trinajstić information content (AvgIpc) is 3.44. The van der Waals surface area contributed by atoms with E-state index in [0.717, 1.165) is 66.4 Å². The lowest BCUT2D eigenvalue weighted by molar-refractivity contribution is 0.210. The summed E-state index contributed by atoms with van der Waals surface area (Å²) in [4.78, 5) is 0. The van der Waals surface area contributed by atoms with Crippen LogP contribution in [0.15, 0.2) is 42.5 Å². The molecule has 0 amide bonds. The van der Waals surface area contributed by atoms with E-state index >= 15 is 0 Å². The maximum Gasteiger partial charge on any atom is 0.235 e. The van der Waals surface area contributed by atoms with Crippen molar-refractivity contribution in [2.45, 2.75) is 69.9 Å². The summed E-state index contributed by atoms with van der Waals surface area (Å²) in [5.41, 5.74) is 4.31. The highest BCUT2D eigenvalue weighted by Gasteiger charge is 2.29. The third-order valence-electron chi connectivity index (χ3n) is 7.91. The van der Waals surface area contributed by atoms with Gasteiger partial charge >= 0.3 is 0 Å². The molecule has 1 aliphatic heterocycles. The number of rotatable bonds is 5. The monoisotopic (exact) mass is 489 g/mol. The molecule has 6 nitrogen and oxygen atoms in total. The molecule has 0 radical (unpaired) electrons. The molecule has 3 aliphatic rings. The Labute approximate surface area is 207 Å². The number of aromatic nitrogens is 1. The van der Waals surface area contributed by atoms with Crippen LogP contribution < -0.4 is 9.04 Å². The van der Waals surface area contributed by atoms with Crippen LogP contribution in [0.2, 0.25) is 0 Å². The first-order chi connectivity index (χ1) is 17.0. The first-order valence-corrected chi connectivity index (χ1v) is 14.5. The van der Waals surface area contributed by atoms with Gasteiger partial charge in [0.1, 0.15) is 11.8 Å². The van der Waals surface area contributed by atoms with Gasteiger partial charge < -0.3 is 9.30 Å². The molecule has 35 heavy (non-hydrogen) atoms. The van der Waals surface area contributed by atoms with Gasteiger partial charge in [-0.15, -0.1) is 0 Å². The van der Waals surface area contributed by atoms with Gasteiger partial charge in [0, 0.05) is 24.0 Å². The van der Waals surface area contributed by atoms with Crippen molar-refractivity contribution in [3.8, 4) is 23.1 Å². The second-order valence-corrected chi connectivity index (χ2v) is 12.1. The number of benzene rings is 2. The number of sulfonamides is 1. The minimum absolute atomic E-state index is 0.203. The Kier molecular flexibility index (Phi) is 5.72. The average molecular weight is 490 g/mol. The lowest BCUT2D eigenvalue weighted by Gasteiger charge is -2.31. The Balaban J connectivity index is 1.43. The molecule has 0 unspecified atom stereocenters. The molecule has 2 saturated carbocycles. The first-order valence-electron chi connectivity index (χ1n) is 12.9. The molecule has 2 aliphatic carbocycles. The summed E-state index contributed by atoms with van der Waals surface area (Å²) in [5, 5.41) is 11.2. The van der Waals surface area contributed by atoms with E-state index in [4.69, 9.17) is 4.74 Å². The summed E-state index contributed by atoms with van der Waals surface area (Å²) < 4.78 is 35.3. The lowest BCUT2D eigenvalue weighted by atomic mass is 9.92. The van der Waals surface area contributed by atoms with Crippen LogP contribution in [0, 0.1) is 11.3 Å². The minimum atomic E-state index is -3.26.